The molecule has 2 aromatic rings. The summed E-state index contributed by atoms with van der Waals surface area (Å²) in [7, 11) is 0. The molecule has 0 aliphatic carbocycles. The van der Waals surface area contributed by atoms with Gasteiger partial charge in [0.05, 0.1) is 0 Å². The largest absolute Gasteiger partial charge is 0.346 e. The van der Waals surface area contributed by atoms with E-state index in [1.54, 1.807) is 6.07 Å². The van der Waals surface area contributed by atoms with Crippen molar-refractivity contribution in [3.8, 4) is 0 Å². The number of carbonyl (C=O) groups excluding carboxylic acids is 1. The van der Waals surface area contributed by atoms with Gasteiger partial charge in [-0.25, -0.2) is 9.97 Å². The highest BCUT2D eigenvalue weighted by Crippen LogP contribution is 2.25. The maximum atomic E-state index is 12.4. The van der Waals surface area contributed by atoms with Crippen molar-refractivity contribution < 1.29 is 4.79 Å². The monoisotopic (exact) mass is 270 g/mol. The summed E-state index contributed by atoms with van der Waals surface area (Å²) in [5.74, 6) is 1.30. The van der Waals surface area contributed by atoms with E-state index in [1.807, 2.05) is 37.1 Å². The van der Waals surface area contributed by atoms with Crippen LogP contribution in [0.3, 0.4) is 0 Å². The zero-order chi connectivity index (χ0) is 14.1. The number of carbonyl (C=O) groups is 1. The molecule has 1 amide bonds. The van der Waals surface area contributed by atoms with Crippen LogP contribution in [-0.4, -0.2) is 38.8 Å². The normalized spacial score (nSPS) is 18.5. The quantitative estimate of drug-likeness (QED) is 0.908. The lowest BCUT2D eigenvalue weighted by Crippen LogP contribution is -2.29. The first kappa shape index (κ1) is 12.8. The summed E-state index contributed by atoms with van der Waals surface area (Å²) in [4.78, 5) is 26.2. The van der Waals surface area contributed by atoms with E-state index in [4.69, 9.17) is 0 Å². The fraction of sp³-hybridized carbons (Fsp3) is 0.400. The summed E-state index contributed by atoms with van der Waals surface area (Å²) in [6.07, 6.45) is 2.78. The van der Waals surface area contributed by atoms with Gasteiger partial charge in [0, 0.05) is 36.6 Å². The second-order valence-electron chi connectivity index (χ2n) is 5.35. The van der Waals surface area contributed by atoms with E-state index in [-0.39, 0.29) is 5.91 Å². The standard InChI is InChI=1S/C15H18N4O/c1-10-4-3-5-13(17-10)15(20)19-7-6-12(9-19)14-16-8-11(2)18-14/h3-5,8,12H,6-7,9H2,1-2H3,(H,16,18)/t12-/m1/s1. The zero-order valence-corrected chi connectivity index (χ0v) is 11.8. The van der Waals surface area contributed by atoms with E-state index >= 15 is 0 Å². The van der Waals surface area contributed by atoms with Gasteiger partial charge in [0.2, 0.25) is 0 Å². The van der Waals surface area contributed by atoms with Crippen LogP contribution in [-0.2, 0) is 0 Å². The molecular weight excluding hydrogens is 252 g/mol. The minimum Gasteiger partial charge on any atom is -0.346 e. The van der Waals surface area contributed by atoms with Crippen LogP contribution < -0.4 is 0 Å². The van der Waals surface area contributed by atoms with Crippen LogP contribution in [0.4, 0.5) is 0 Å². The van der Waals surface area contributed by atoms with E-state index in [0.29, 0.717) is 18.2 Å². The van der Waals surface area contributed by atoms with Crippen molar-refractivity contribution >= 4 is 5.91 Å². The number of pyridine rings is 1. The minimum atomic E-state index is 0.0134. The highest BCUT2D eigenvalue weighted by atomic mass is 16.2. The van der Waals surface area contributed by atoms with Crippen molar-refractivity contribution in [2.24, 2.45) is 0 Å². The van der Waals surface area contributed by atoms with Crippen LogP contribution in [0.2, 0.25) is 0 Å². The van der Waals surface area contributed by atoms with Crippen molar-refractivity contribution in [1.82, 2.24) is 19.9 Å². The van der Waals surface area contributed by atoms with Gasteiger partial charge in [0.1, 0.15) is 11.5 Å². The van der Waals surface area contributed by atoms with Gasteiger partial charge < -0.3 is 9.88 Å². The summed E-state index contributed by atoms with van der Waals surface area (Å²) >= 11 is 0. The van der Waals surface area contributed by atoms with Crippen LogP contribution in [0.15, 0.2) is 24.4 Å². The lowest BCUT2D eigenvalue weighted by molar-refractivity contribution is 0.0784. The number of nitrogens with zero attached hydrogens (tertiary/aromatic N) is 3. The van der Waals surface area contributed by atoms with E-state index in [2.05, 4.69) is 15.0 Å². The predicted octanol–water partition coefficient (Wildman–Crippen LogP) is 2.05. The van der Waals surface area contributed by atoms with Crippen molar-refractivity contribution in [1.29, 1.82) is 0 Å². The van der Waals surface area contributed by atoms with Gasteiger partial charge in [0.15, 0.2) is 0 Å². The molecule has 1 saturated heterocycles. The molecule has 0 spiro atoms. The van der Waals surface area contributed by atoms with Crippen molar-refractivity contribution in [3.63, 3.8) is 0 Å². The fourth-order valence-corrected chi connectivity index (χ4v) is 2.63. The Kier molecular flexibility index (Phi) is 3.26. The molecule has 104 valence electrons. The number of aromatic amines is 1. The van der Waals surface area contributed by atoms with Gasteiger partial charge in [-0.05, 0) is 32.4 Å². The second-order valence-corrected chi connectivity index (χ2v) is 5.35. The molecule has 1 fully saturated rings. The highest BCUT2D eigenvalue weighted by Gasteiger charge is 2.30. The smallest absolute Gasteiger partial charge is 0.272 e. The molecule has 3 heterocycles. The topological polar surface area (TPSA) is 61.9 Å². The number of H-pyrrole nitrogens is 1. The first-order valence-corrected chi connectivity index (χ1v) is 6.88. The molecule has 0 bridgehead atoms. The number of hydrogen-bond acceptors (Lipinski definition) is 3. The van der Waals surface area contributed by atoms with Crippen molar-refractivity contribution in [2.75, 3.05) is 13.1 Å². The number of amides is 1. The average molecular weight is 270 g/mol. The van der Waals surface area contributed by atoms with E-state index < -0.39 is 0 Å². The Morgan fingerprint density at radius 1 is 1.40 bits per heavy atom. The molecule has 3 rings (SSSR count). The summed E-state index contributed by atoms with van der Waals surface area (Å²) in [6.45, 7) is 5.36. The van der Waals surface area contributed by atoms with Crippen LogP contribution in [0.25, 0.3) is 0 Å². The Balaban J connectivity index is 1.72. The maximum Gasteiger partial charge on any atom is 0.272 e. The number of hydrogen-bond donors (Lipinski definition) is 1. The molecule has 0 unspecified atom stereocenters. The summed E-state index contributed by atoms with van der Waals surface area (Å²) in [5, 5.41) is 0. The molecule has 0 saturated carbocycles. The Hall–Kier alpha value is -2.17. The third-order valence-electron chi connectivity index (χ3n) is 3.69. The fourth-order valence-electron chi connectivity index (χ4n) is 2.63. The Morgan fingerprint density at radius 3 is 2.95 bits per heavy atom. The molecule has 0 aromatic carbocycles. The van der Waals surface area contributed by atoms with E-state index in [9.17, 15) is 4.79 Å². The molecule has 5 heteroatoms. The highest BCUT2D eigenvalue weighted by molar-refractivity contribution is 5.92. The Morgan fingerprint density at radius 2 is 2.25 bits per heavy atom. The first-order valence-electron chi connectivity index (χ1n) is 6.88. The SMILES string of the molecule is Cc1cccc(C(=O)N2CC[C@@H](c3ncc(C)[nH]3)C2)n1. The summed E-state index contributed by atoms with van der Waals surface area (Å²) < 4.78 is 0. The zero-order valence-electron chi connectivity index (χ0n) is 11.8. The number of imidazole rings is 1. The first-order chi connectivity index (χ1) is 9.63. The molecule has 1 aliphatic rings. The van der Waals surface area contributed by atoms with Gasteiger partial charge in [0.25, 0.3) is 5.91 Å². The molecule has 0 radical (unpaired) electrons. The van der Waals surface area contributed by atoms with Crippen molar-refractivity contribution in [2.45, 2.75) is 26.2 Å². The van der Waals surface area contributed by atoms with Crippen LogP contribution in [0.5, 0.6) is 0 Å². The molecule has 5 nitrogen and oxygen atoms in total. The second kappa shape index (κ2) is 5.07. The van der Waals surface area contributed by atoms with Gasteiger partial charge in [-0.2, -0.15) is 0 Å². The molecule has 2 aromatic heterocycles. The van der Waals surface area contributed by atoms with E-state index in [0.717, 1.165) is 30.2 Å². The molecular formula is C15H18N4O. The third kappa shape index (κ3) is 2.43. The predicted molar refractivity (Wildman–Crippen MR) is 75.6 cm³/mol. The molecule has 1 aliphatic heterocycles. The maximum absolute atomic E-state index is 12.4. The average Bonchev–Trinajstić information content (AvgIpc) is 3.06. The number of aryl methyl sites for hydroxylation is 2. The van der Waals surface area contributed by atoms with Gasteiger partial charge in [-0.1, -0.05) is 6.07 Å². The molecule has 1 atom stereocenters. The lowest BCUT2D eigenvalue weighted by atomic mass is 10.1. The van der Waals surface area contributed by atoms with E-state index in [1.165, 1.54) is 0 Å². The van der Waals surface area contributed by atoms with Crippen LogP contribution in [0, 0.1) is 13.8 Å². The van der Waals surface area contributed by atoms with Gasteiger partial charge in [-0.15, -0.1) is 0 Å². The van der Waals surface area contributed by atoms with Crippen molar-refractivity contribution in [3.05, 3.63) is 47.3 Å². The number of likely N-dealkylation sites (tertiary alicyclic amines) is 1. The number of aromatic nitrogens is 3. The Bertz CT molecular complexity index is 634. The molecule has 20 heavy (non-hydrogen) atoms. The van der Waals surface area contributed by atoms with Gasteiger partial charge in [-0.3, -0.25) is 4.79 Å². The van der Waals surface area contributed by atoms with Crippen LogP contribution in [0.1, 0.15) is 40.0 Å². The summed E-state index contributed by atoms with van der Waals surface area (Å²) in [6, 6.07) is 5.55. The minimum absolute atomic E-state index is 0.0134. The van der Waals surface area contributed by atoms with Crippen LogP contribution >= 0.6 is 0 Å². The summed E-state index contributed by atoms with van der Waals surface area (Å²) in [5.41, 5.74) is 2.46. The molecule has 1 N–H and O–H groups in total. The third-order valence-corrected chi connectivity index (χ3v) is 3.69. The Labute approximate surface area is 118 Å². The lowest BCUT2D eigenvalue weighted by Gasteiger charge is -2.15. The number of nitrogens with one attached hydrogen (secondary N) is 1. The van der Waals surface area contributed by atoms with Gasteiger partial charge >= 0.3 is 0 Å². The number of rotatable bonds is 2.